The van der Waals surface area contributed by atoms with E-state index in [0.29, 0.717) is 16.0 Å². The second-order valence-electron chi connectivity index (χ2n) is 7.11. The zero-order valence-corrected chi connectivity index (χ0v) is 18.0. The molecule has 0 saturated carbocycles. The van der Waals surface area contributed by atoms with Gasteiger partial charge in [-0.05, 0) is 30.2 Å². The van der Waals surface area contributed by atoms with Crippen molar-refractivity contribution in [2.45, 2.75) is 13.3 Å². The standard InChI is InChI=1S/C23H20N4O4S/c1-14-20(16-5-3-2-4-6-16)21-22(32-14)25-13-27(23(21)30)26-19(29)12-31-17-9-7-15(8-10-17)11-18(24)28/h2-10,13H,11-12H2,1H3,(H2,24,28)(H,26,29). The van der Waals surface area contributed by atoms with Gasteiger partial charge < -0.3 is 10.5 Å². The van der Waals surface area contributed by atoms with Crippen molar-refractivity contribution in [2.75, 3.05) is 12.0 Å². The quantitative estimate of drug-likeness (QED) is 0.451. The van der Waals surface area contributed by atoms with Gasteiger partial charge >= 0.3 is 0 Å². The number of hydrogen-bond donors (Lipinski definition) is 2. The van der Waals surface area contributed by atoms with E-state index in [9.17, 15) is 14.4 Å². The molecule has 4 rings (SSSR count). The molecule has 0 unspecified atom stereocenters. The summed E-state index contributed by atoms with van der Waals surface area (Å²) in [5, 5.41) is 0.465. The van der Waals surface area contributed by atoms with Crippen molar-refractivity contribution in [1.29, 1.82) is 0 Å². The molecule has 0 spiro atoms. The van der Waals surface area contributed by atoms with Gasteiger partial charge in [0.25, 0.3) is 11.5 Å². The van der Waals surface area contributed by atoms with E-state index in [4.69, 9.17) is 10.5 Å². The minimum Gasteiger partial charge on any atom is -0.484 e. The van der Waals surface area contributed by atoms with Gasteiger partial charge in [-0.15, -0.1) is 11.3 Å². The largest absolute Gasteiger partial charge is 0.484 e. The van der Waals surface area contributed by atoms with Crippen LogP contribution in [0.2, 0.25) is 0 Å². The minimum absolute atomic E-state index is 0.131. The number of benzene rings is 2. The Morgan fingerprint density at radius 2 is 1.84 bits per heavy atom. The van der Waals surface area contributed by atoms with Crippen LogP contribution in [0.15, 0.2) is 65.7 Å². The van der Waals surface area contributed by atoms with Crippen molar-refractivity contribution in [1.82, 2.24) is 9.66 Å². The van der Waals surface area contributed by atoms with E-state index in [1.807, 2.05) is 37.3 Å². The first-order chi connectivity index (χ1) is 15.4. The lowest BCUT2D eigenvalue weighted by Gasteiger charge is -2.10. The number of aryl methyl sites for hydroxylation is 1. The van der Waals surface area contributed by atoms with E-state index in [1.165, 1.54) is 17.7 Å². The van der Waals surface area contributed by atoms with Crippen molar-refractivity contribution < 1.29 is 14.3 Å². The fourth-order valence-corrected chi connectivity index (χ4v) is 4.36. The summed E-state index contributed by atoms with van der Waals surface area (Å²) in [5.41, 5.74) is 9.82. The number of rotatable bonds is 7. The topological polar surface area (TPSA) is 116 Å². The normalized spacial score (nSPS) is 10.8. The van der Waals surface area contributed by atoms with Crippen LogP contribution in [0.5, 0.6) is 5.75 Å². The Labute approximate surface area is 187 Å². The highest BCUT2D eigenvalue weighted by Gasteiger charge is 2.17. The van der Waals surface area contributed by atoms with Crippen LogP contribution >= 0.6 is 11.3 Å². The lowest BCUT2D eigenvalue weighted by atomic mass is 10.0. The highest BCUT2D eigenvalue weighted by atomic mass is 32.1. The predicted molar refractivity (Wildman–Crippen MR) is 123 cm³/mol. The maximum absolute atomic E-state index is 13.1. The number of aromatic nitrogens is 2. The van der Waals surface area contributed by atoms with Gasteiger partial charge in [0, 0.05) is 10.4 Å². The fourth-order valence-electron chi connectivity index (χ4n) is 3.35. The molecule has 32 heavy (non-hydrogen) atoms. The van der Waals surface area contributed by atoms with E-state index >= 15 is 0 Å². The summed E-state index contributed by atoms with van der Waals surface area (Å²) in [6.45, 7) is 1.65. The van der Waals surface area contributed by atoms with Crippen molar-refractivity contribution in [3.8, 4) is 16.9 Å². The summed E-state index contributed by atoms with van der Waals surface area (Å²) in [5.74, 6) is -0.484. The number of carbonyl (C=O) groups excluding carboxylic acids is 2. The molecule has 0 aliphatic heterocycles. The third kappa shape index (κ3) is 4.52. The number of fused-ring (bicyclic) bond motifs is 1. The molecule has 4 aromatic rings. The minimum atomic E-state index is -0.511. The molecule has 0 aliphatic rings. The SMILES string of the molecule is Cc1sc2ncn(NC(=O)COc3ccc(CC(N)=O)cc3)c(=O)c2c1-c1ccccc1. The number of nitrogens with zero attached hydrogens (tertiary/aromatic N) is 2. The van der Waals surface area contributed by atoms with E-state index < -0.39 is 11.8 Å². The van der Waals surface area contributed by atoms with Crippen LogP contribution in [0.25, 0.3) is 21.3 Å². The van der Waals surface area contributed by atoms with Crippen LogP contribution in [0.1, 0.15) is 10.4 Å². The lowest BCUT2D eigenvalue weighted by molar-refractivity contribution is -0.119. The number of primary amides is 1. The zero-order chi connectivity index (χ0) is 22.7. The molecule has 0 fully saturated rings. The third-order valence-electron chi connectivity index (χ3n) is 4.77. The Morgan fingerprint density at radius 1 is 1.12 bits per heavy atom. The molecular weight excluding hydrogens is 428 g/mol. The summed E-state index contributed by atoms with van der Waals surface area (Å²) in [7, 11) is 0. The van der Waals surface area contributed by atoms with E-state index in [1.54, 1.807) is 24.3 Å². The molecule has 0 aliphatic carbocycles. The Hall–Kier alpha value is -3.98. The summed E-state index contributed by atoms with van der Waals surface area (Å²) >= 11 is 1.44. The summed E-state index contributed by atoms with van der Waals surface area (Å²) in [6, 6.07) is 16.3. The van der Waals surface area contributed by atoms with Crippen molar-refractivity contribution in [3.63, 3.8) is 0 Å². The Balaban J connectivity index is 1.50. The molecule has 0 saturated heterocycles. The van der Waals surface area contributed by atoms with Gasteiger partial charge in [0.15, 0.2) is 6.61 Å². The summed E-state index contributed by atoms with van der Waals surface area (Å²) in [6.07, 6.45) is 1.43. The zero-order valence-electron chi connectivity index (χ0n) is 17.2. The van der Waals surface area contributed by atoms with Gasteiger partial charge in [-0.1, -0.05) is 42.5 Å². The first-order valence-electron chi connectivity index (χ1n) is 9.78. The summed E-state index contributed by atoms with van der Waals surface area (Å²) < 4.78 is 6.53. The van der Waals surface area contributed by atoms with Crippen molar-refractivity contribution >= 4 is 33.4 Å². The van der Waals surface area contributed by atoms with Crippen molar-refractivity contribution in [3.05, 3.63) is 81.7 Å². The number of carbonyl (C=O) groups is 2. The van der Waals surface area contributed by atoms with Gasteiger partial charge in [-0.3, -0.25) is 19.8 Å². The maximum Gasteiger partial charge on any atom is 0.281 e. The van der Waals surface area contributed by atoms with Crippen LogP contribution in [0.4, 0.5) is 0 Å². The number of amides is 2. The van der Waals surface area contributed by atoms with E-state index in [2.05, 4.69) is 10.4 Å². The molecule has 3 N–H and O–H groups in total. The van der Waals surface area contributed by atoms with Crippen molar-refractivity contribution in [2.24, 2.45) is 5.73 Å². The fraction of sp³-hybridized carbons (Fsp3) is 0.130. The second kappa shape index (κ2) is 9.03. The van der Waals surface area contributed by atoms with Gasteiger partial charge in [-0.2, -0.15) is 0 Å². The number of thiophene rings is 1. The molecule has 0 radical (unpaired) electrons. The summed E-state index contributed by atoms with van der Waals surface area (Å²) in [4.78, 5) is 42.4. The molecule has 2 aromatic carbocycles. The molecule has 2 amide bonds. The van der Waals surface area contributed by atoms with Gasteiger partial charge in [-0.25, -0.2) is 9.66 Å². The lowest BCUT2D eigenvalue weighted by Crippen LogP contribution is -2.35. The monoisotopic (exact) mass is 448 g/mol. The Kier molecular flexibility index (Phi) is 6.00. The Morgan fingerprint density at radius 3 is 2.53 bits per heavy atom. The van der Waals surface area contributed by atoms with Crippen LogP contribution in [0.3, 0.4) is 0 Å². The predicted octanol–water partition coefficient (Wildman–Crippen LogP) is 2.61. The first kappa shape index (κ1) is 21.3. The van der Waals surface area contributed by atoms with Gasteiger partial charge in [0.05, 0.1) is 11.8 Å². The molecule has 162 valence electrons. The smallest absolute Gasteiger partial charge is 0.281 e. The van der Waals surface area contributed by atoms with Crippen LogP contribution in [-0.2, 0) is 16.0 Å². The van der Waals surface area contributed by atoms with Gasteiger partial charge in [0.1, 0.15) is 16.9 Å². The number of ether oxygens (including phenoxy) is 1. The van der Waals surface area contributed by atoms with Crippen LogP contribution < -0.4 is 21.5 Å². The Bertz CT molecular complexity index is 1340. The average molecular weight is 449 g/mol. The molecule has 9 heteroatoms. The van der Waals surface area contributed by atoms with Crippen LogP contribution in [0, 0.1) is 6.92 Å². The number of hydrogen-bond acceptors (Lipinski definition) is 6. The first-order valence-corrected chi connectivity index (χ1v) is 10.6. The second-order valence-corrected chi connectivity index (χ2v) is 8.31. The molecule has 2 heterocycles. The molecule has 2 aromatic heterocycles. The third-order valence-corrected chi connectivity index (χ3v) is 5.78. The molecular formula is C23H20N4O4S. The maximum atomic E-state index is 13.1. The number of nitrogens with one attached hydrogen (secondary N) is 1. The highest BCUT2D eigenvalue weighted by Crippen LogP contribution is 2.35. The molecule has 8 nitrogen and oxygen atoms in total. The molecule has 0 atom stereocenters. The van der Waals surface area contributed by atoms with Gasteiger partial charge in [0.2, 0.25) is 5.91 Å². The highest BCUT2D eigenvalue weighted by molar-refractivity contribution is 7.19. The van der Waals surface area contributed by atoms with E-state index in [-0.39, 0.29) is 18.6 Å². The van der Waals surface area contributed by atoms with Crippen LogP contribution in [-0.4, -0.2) is 28.1 Å². The number of nitrogens with two attached hydrogens (primary N) is 1. The molecule has 0 bridgehead atoms. The van der Waals surface area contributed by atoms with E-state index in [0.717, 1.165) is 26.2 Å². The average Bonchev–Trinajstić information content (AvgIpc) is 3.12.